The van der Waals surface area contributed by atoms with E-state index < -0.39 is 0 Å². The van der Waals surface area contributed by atoms with Gasteiger partial charge in [0.15, 0.2) is 6.54 Å². The second-order valence-electron chi connectivity index (χ2n) is 7.36. The number of esters is 1. The molecule has 0 unspecified atom stereocenters. The molecule has 1 aromatic carbocycles. The molecule has 1 aliphatic rings. The first kappa shape index (κ1) is 18.5. The summed E-state index contributed by atoms with van der Waals surface area (Å²) >= 11 is 0. The molecule has 2 rings (SSSR count). The summed E-state index contributed by atoms with van der Waals surface area (Å²) in [7, 11) is 0. The summed E-state index contributed by atoms with van der Waals surface area (Å²) in [5.74, 6) is 1.01. The van der Waals surface area contributed by atoms with Gasteiger partial charge in [-0.1, -0.05) is 13.8 Å². The van der Waals surface area contributed by atoms with Gasteiger partial charge in [-0.15, -0.1) is 0 Å². The van der Waals surface area contributed by atoms with Gasteiger partial charge in [-0.05, 0) is 44.5 Å². The smallest absolute Gasteiger partial charge is 0.338 e. The molecule has 0 bridgehead atoms. The zero-order valence-corrected chi connectivity index (χ0v) is 15.1. The van der Waals surface area contributed by atoms with Crippen molar-refractivity contribution < 1.29 is 19.2 Å². The molecule has 1 fully saturated rings. The molecule has 0 spiro atoms. The minimum atomic E-state index is -0.344. The number of rotatable bonds is 5. The van der Waals surface area contributed by atoms with E-state index in [0.717, 1.165) is 13.1 Å². The highest BCUT2D eigenvalue weighted by atomic mass is 16.5. The topological polar surface area (TPSA) is 59.8 Å². The van der Waals surface area contributed by atoms with E-state index in [9.17, 15) is 9.59 Å². The van der Waals surface area contributed by atoms with Gasteiger partial charge in [-0.3, -0.25) is 4.79 Å². The van der Waals surface area contributed by atoms with E-state index in [1.165, 1.54) is 11.3 Å². The second kappa shape index (κ2) is 8.29. The normalized spacial score (nSPS) is 23.8. The predicted molar refractivity (Wildman–Crippen MR) is 94.1 cm³/mol. The Labute approximate surface area is 144 Å². The Morgan fingerprint density at radius 3 is 2.29 bits per heavy atom. The van der Waals surface area contributed by atoms with E-state index >= 15 is 0 Å². The zero-order valence-electron chi connectivity index (χ0n) is 15.1. The molecule has 1 aliphatic heterocycles. The maximum absolute atomic E-state index is 12.2. The summed E-state index contributed by atoms with van der Waals surface area (Å²) in [6.45, 7) is 10.7. The van der Waals surface area contributed by atoms with Crippen LogP contribution in [0.2, 0.25) is 0 Å². The molecule has 0 aliphatic carbocycles. The molecule has 2 atom stereocenters. The summed E-state index contributed by atoms with van der Waals surface area (Å²) < 4.78 is 5.15. The monoisotopic (exact) mass is 333 g/mol. The fourth-order valence-corrected chi connectivity index (χ4v) is 3.47. The Kier molecular flexibility index (Phi) is 6.37. The number of hydrogen-bond donors (Lipinski definition) is 2. The van der Waals surface area contributed by atoms with Crippen molar-refractivity contribution in [2.75, 3.05) is 25.0 Å². The van der Waals surface area contributed by atoms with E-state index in [-0.39, 0.29) is 18.0 Å². The third-order valence-corrected chi connectivity index (χ3v) is 4.24. The third-order valence-electron chi connectivity index (χ3n) is 4.24. The van der Waals surface area contributed by atoms with Crippen molar-refractivity contribution in [1.29, 1.82) is 0 Å². The summed E-state index contributed by atoms with van der Waals surface area (Å²) in [5.41, 5.74) is 1.20. The summed E-state index contributed by atoms with van der Waals surface area (Å²) in [6, 6.07) is 6.84. The quantitative estimate of drug-likeness (QED) is 0.807. The highest BCUT2D eigenvalue weighted by molar-refractivity contribution is 5.93. The van der Waals surface area contributed by atoms with Gasteiger partial charge in [0.1, 0.15) is 0 Å². The number of nitrogens with one attached hydrogen (secondary N) is 2. The van der Waals surface area contributed by atoms with Gasteiger partial charge in [0, 0.05) is 17.5 Å². The highest BCUT2D eigenvalue weighted by Gasteiger charge is 2.26. The lowest BCUT2D eigenvalue weighted by Gasteiger charge is -2.31. The lowest BCUT2D eigenvalue weighted by Crippen LogP contribution is -3.15. The lowest BCUT2D eigenvalue weighted by molar-refractivity contribution is -0.904. The van der Waals surface area contributed by atoms with Gasteiger partial charge in [-0.25, -0.2) is 4.79 Å². The van der Waals surface area contributed by atoms with Crippen molar-refractivity contribution in [2.24, 2.45) is 11.8 Å². The molecule has 5 heteroatoms. The number of hydrogen-bond acceptors (Lipinski definition) is 3. The highest BCUT2D eigenvalue weighted by Crippen LogP contribution is 2.13. The van der Waals surface area contributed by atoms with Gasteiger partial charge in [-0.2, -0.15) is 0 Å². The van der Waals surface area contributed by atoms with Gasteiger partial charge in [0.05, 0.1) is 24.8 Å². The molecular weight excluding hydrogens is 304 g/mol. The van der Waals surface area contributed by atoms with Gasteiger partial charge in [0.2, 0.25) is 0 Å². The van der Waals surface area contributed by atoms with Gasteiger partial charge < -0.3 is 15.0 Å². The van der Waals surface area contributed by atoms with Crippen LogP contribution in [0.25, 0.3) is 0 Å². The van der Waals surface area contributed by atoms with Crippen LogP contribution in [-0.2, 0) is 9.53 Å². The largest absolute Gasteiger partial charge is 0.459 e. The van der Waals surface area contributed by atoms with Crippen LogP contribution in [-0.4, -0.2) is 37.6 Å². The van der Waals surface area contributed by atoms with Crippen LogP contribution in [0.5, 0.6) is 0 Å². The van der Waals surface area contributed by atoms with Crippen molar-refractivity contribution in [3.8, 4) is 0 Å². The number of anilines is 1. The predicted octanol–water partition coefficient (Wildman–Crippen LogP) is 1.75. The van der Waals surface area contributed by atoms with E-state index in [4.69, 9.17) is 4.74 Å². The molecule has 0 aromatic heterocycles. The summed E-state index contributed by atoms with van der Waals surface area (Å²) in [4.78, 5) is 25.4. The van der Waals surface area contributed by atoms with E-state index in [1.54, 1.807) is 24.3 Å². The number of likely N-dealkylation sites (tertiary alicyclic amines) is 1. The Morgan fingerprint density at radius 2 is 1.75 bits per heavy atom. The van der Waals surface area contributed by atoms with Crippen molar-refractivity contribution in [3.63, 3.8) is 0 Å². The second-order valence-corrected chi connectivity index (χ2v) is 7.36. The molecule has 1 saturated heterocycles. The number of amides is 1. The van der Waals surface area contributed by atoms with Crippen LogP contribution in [0.3, 0.4) is 0 Å². The van der Waals surface area contributed by atoms with Crippen LogP contribution in [0, 0.1) is 11.8 Å². The zero-order chi connectivity index (χ0) is 17.7. The Balaban J connectivity index is 1.86. The molecule has 2 N–H and O–H groups in total. The molecule has 1 amide bonds. The van der Waals surface area contributed by atoms with Crippen LogP contribution >= 0.6 is 0 Å². The number of quaternary nitrogens is 1. The molecule has 0 radical (unpaired) electrons. The Hall–Kier alpha value is -1.88. The number of benzene rings is 1. The minimum absolute atomic E-state index is 0.0174. The van der Waals surface area contributed by atoms with Crippen molar-refractivity contribution in [2.45, 2.75) is 40.2 Å². The van der Waals surface area contributed by atoms with Crippen LogP contribution in [0.15, 0.2) is 24.3 Å². The SMILES string of the molecule is CC(C)OC(=O)c1ccc(NC(=O)C[NH+]2C[C@H](C)C[C@@H](C)C2)cc1. The van der Waals surface area contributed by atoms with Crippen LogP contribution in [0.4, 0.5) is 5.69 Å². The third kappa shape index (κ3) is 5.64. The fraction of sp³-hybridized carbons (Fsp3) is 0.579. The molecule has 132 valence electrons. The number of carbonyl (C=O) groups is 2. The first-order chi connectivity index (χ1) is 11.3. The average Bonchev–Trinajstić information content (AvgIpc) is 2.45. The van der Waals surface area contributed by atoms with E-state index in [0.29, 0.717) is 29.6 Å². The average molecular weight is 333 g/mol. The van der Waals surface area contributed by atoms with E-state index in [1.807, 2.05) is 13.8 Å². The molecule has 0 saturated carbocycles. The van der Waals surface area contributed by atoms with E-state index in [2.05, 4.69) is 19.2 Å². The lowest BCUT2D eigenvalue weighted by atomic mass is 9.92. The van der Waals surface area contributed by atoms with Crippen molar-refractivity contribution >= 4 is 17.6 Å². The maximum Gasteiger partial charge on any atom is 0.338 e. The Morgan fingerprint density at radius 1 is 1.17 bits per heavy atom. The number of piperidine rings is 1. The van der Waals surface area contributed by atoms with Gasteiger partial charge in [0.25, 0.3) is 5.91 Å². The molecule has 1 heterocycles. The van der Waals surface area contributed by atoms with Crippen molar-refractivity contribution in [1.82, 2.24) is 0 Å². The first-order valence-electron chi connectivity index (χ1n) is 8.78. The Bertz CT molecular complexity index is 558. The number of ether oxygens (including phenoxy) is 1. The molecule has 5 nitrogen and oxygen atoms in total. The summed E-state index contributed by atoms with van der Waals surface area (Å²) in [6.07, 6.45) is 1.10. The maximum atomic E-state index is 12.2. The molecular formula is C19H29N2O3+. The first-order valence-corrected chi connectivity index (χ1v) is 8.78. The van der Waals surface area contributed by atoms with Gasteiger partial charge >= 0.3 is 5.97 Å². The van der Waals surface area contributed by atoms with Crippen LogP contribution < -0.4 is 10.2 Å². The standard InChI is InChI=1S/C19H28N2O3/c1-13(2)24-19(23)16-5-7-17(8-6-16)20-18(22)12-21-10-14(3)9-15(4)11-21/h5-8,13-15H,9-12H2,1-4H3,(H,20,22)/p+1/t14-,15-/m1/s1. The molecule has 1 aromatic rings. The van der Waals surface area contributed by atoms with Crippen molar-refractivity contribution in [3.05, 3.63) is 29.8 Å². The summed E-state index contributed by atoms with van der Waals surface area (Å²) in [5, 5.41) is 2.91. The fourth-order valence-electron chi connectivity index (χ4n) is 3.47. The number of carbonyl (C=O) groups excluding carboxylic acids is 2. The minimum Gasteiger partial charge on any atom is -0.459 e. The molecule has 24 heavy (non-hydrogen) atoms. The van der Waals surface area contributed by atoms with Crippen LogP contribution in [0.1, 0.15) is 44.5 Å².